The normalized spacial score (nSPS) is 16.8. The molecular weight excluding hydrogens is 292 g/mol. The molecule has 0 saturated carbocycles. The molecule has 1 aromatic heterocycles. The minimum Gasteiger partial charge on any atom is -0.481 e. The van der Waals surface area contributed by atoms with Crippen molar-refractivity contribution >= 4 is 5.82 Å². The molecule has 23 heavy (non-hydrogen) atoms. The molecular formula is C17H30N4O2. The molecule has 0 amide bonds. The first kappa shape index (κ1) is 17.9. The summed E-state index contributed by atoms with van der Waals surface area (Å²) in [6, 6.07) is 0.454. The highest BCUT2D eigenvalue weighted by Crippen LogP contribution is 2.24. The molecule has 1 aliphatic heterocycles. The number of ether oxygens (including phenoxy) is 2. The van der Waals surface area contributed by atoms with Gasteiger partial charge in [0.15, 0.2) is 0 Å². The Bertz CT molecular complexity index is 500. The Morgan fingerprint density at radius 1 is 1.22 bits per heavy atom. The van der Waals surface area contributed by atoms with Gasteiger partial charge in [-0.2, -0.15) is 4.98 Å². The van der Waals surface area contributed by atoms with Crippen molar-refractivity contribution in [3.8, 4) is 5.88 Å². The number of aromatic nitrogens is 2. The smallest absolute Gasteiger partial charge is 0.221 e. The third kappa shape index (κ3) is 5.32. The first-order valence-corrected chi connectivity index (χ1v) is 8.49. The van der Waals surface area contributed by atoms with E-state index < -0.39 is 0 Å². The second kappa shape index (κ2) is 8.45. The van der Waals surface area contributed by atoms with Gasteiger partial charge in [0.1, 0.15) is 11.6 Å². The Morgan fingerprint density at radius 3 is 2.52 bits per heavy atom. The fourth-order valence-electron chi connectivity index (χ4n) is 2.85. The van der Waals surface area contributed by atoms with Gasteiger partial charge in [0.2, 0.25) is 5.88 Å². The molecule has 130 valence electrons. The van der Waals surface area contributed by atoms with Gasteiger partial charge in [0.25, 0.3) is 0 Å². The van der Waals surface area contributed by atoms with Crippen molar-refractivity contribution in [3.63, 3.8) is 0 Å². The van der Waals surface area contributed by atoms with Crippen molar-refractivity contribution in [2.24, 2.45) is 0 Å². The highest BCUT2D eigenvalue weighted by Gasteiger charge is 2.20. The summed E-state index contributed by atoms with van der Waals surface area (Å²) in [5.74, 6) is 2.29. The number of anilines is 1. The Kier molecular flexibility index (Phi) is 6.59. The van der Waals surface area contributed by atoms with Crippen LogP contribution in [0.4, 0.5) is 5.82 Å². The number of nitrogens with one attached hydrogen (secondary N) is 1. The predicted molar refractivity (Wildman–Crippen MR) is 92.2 cm³/mol. The van der Waals surface area contributed by atoms with Gasteiger partial charge in [0, 0.05) is 25.7 Å². The number of likely N-dealkylation sites (tertiary alicyclic amines) is 1. The van der Waals surface area contributed by atoms with Crippen LogP contribution in [-0.4, -0.2) is 60.4 Å². The number of methoxy groups -OCH3 is 1. The number of piperidine rings is 1. The highest BCUT2D eigenvalue weighted by atomic mass is 16.5. The van der Waals surface area contributed by atoms with Crippen molar-refractivity contribution in [1.82, 2.24) is 14.9 Å². The molecule has 1 aliphatic rings. The number of aryl methyl sites for hydroxylation is 1. The topological polar surface area (TPSA) is 59.5 Å². The highest BCUT2D eigenvalue weighted by molar-refractivity contribution is 5.49. The van der Waals surface area contributed by atoms with E-state index in [0.29, 0.717) is 18.0 Å². The molecule has 0 radical (unpaired) electrons. The summed E-state index contributed by atoms with van der Waals surface area (Å²) in [6.45, 7) is 12.1. The Morgan fingerprint density at radius 2 is 1.91 bits per heavy atom. The lowest BCUT2D eigenvalue weighted by atomic mass is 10.0. The second-order valence-electron chi connectivity index (χ2n) is 6.43. The molecule has 0 aromatic carbocycles. The van der Waals surface area contributed by atoms with Gasteiger partial charge in [-0.1, -0.05) is 0 Å². The summed E-state index contributed by atoms with van der Waals surface area (Å²) in [5, 5.41) is 3.57. The maximum atomic E-state index is 5.63. The Balaban J connectivity index is 1.84. The van der Waals surface area contributed by atoms with Crippen LogP contribution in [0.2, 0.25) is 0 Å². The van der Waals surface area contributed by atoms with E-state index in [0.717, 1.165) is 56.3 Å². The fraction of sp³-hybridized carbons (Fsp3) is 0.765. The summed E-state index contributed by atoms with van der Waals surface area (Å²) in [5.41, 5.74) is 0.978. The molecule has 1 fully saturated rings. The lowest BCUT2D eigenvalue weighted by molar-refractivity contribution is 0.0543. The van der Waals surface area contributed by atoms with E-state index in [4.69, 9.17) is 9.47 Å². The fourth-order valence-corrected chi connectivity index (χ4v) is 2.85. The SMILES string of the molecule is COc1nc(C)nc(NC2CCN(CCOC(C)C)CC2)c1C. The number of hydrogen-bond acceptors (Lipinski definition) is 6. The predicted octanol–water partition coefficient (Wildman–Crippen LogP) is 2.40. The molecule has 0 unspecified atom stereocenters. The lowest BCUT2D eigenvalue weighted by Gasteiger charge is -2.33. The third-order valence-corrected chi connectivity index (χ3v) is 4.19. The van der Waals surface area contributed by atoms with Crippen LogP contribution in [0.3, 0.4) is 0 Å². The molecule has 6 heteroatoms. The number of hydrogen-bond donors (Lipinski definition) is 1. The van der Waals surface area contributed by atoms with E-state index in [1.807, 2.05) is 13.8 Å². The molecule has 0 spiro atoms. The van der Waals surface area contributed by atoms with Gasteiger partial charge >= 0.3 is 0 Å². The molecule has 1 aromatic rings. The van der Waals surface area contributed by atoms with E-state index in [1.165, 1.54) is 0 Å². The molecule has 2 rings (SSSR count). The van der Waals surface area contributed by atoms with Crippen LogP contribution in [0.5, 0.6) is 5.88 Å². The summed E-state index contributed by atoms with van der Waals surface area (Å²) in [7, 11) is 1.65. The maximum Gasteiger partial charge on any atom is 0.221 e. The van der Waals surface area contributed by atoms with Crippen LogP contribution in [0.1, 0.15) is 38.1 Å². The molecule has 6 nitrogen and oxygen atoms in total. The number of nitrogens with zero attached hydrogens (tertiary/aromatic N) is 3. The van der Waals surface area contributed by atoms with Crippen molar-refractivity contribution < 1.29 is 9.47 Å². The van der Waals surface area contributed by atoms with Crippen LogP contribution in [0.25, 0.3) is 0 Å². The monoisotopic (exact) mass is 322 g/mol. The van der Waals surface area contributed by atoms with Crippen molar-refractivity contribution in [3.05, 3.63) is 11.4 Å². The molecule has 2 heterocycles. The van der Waals surface area contributed by atoms with Crippen LogP contribution in [0.15, 0.2) is 0 Å². The van der Waals surface area contributed by atoms with Gasteiger partial charge in [-0.05, 0) is 40.5 Å². The van der Waals surface area contributed by atoms with Crippen molar-refractivity contribution in [1.29, 1.82) is 0 Å². The largest absolute Gasteiger partial charge is 0.481 e. The van der Waals surface area contributed by atoms with Crippen LogP contribution < -0.4 is 10.1 Å². The van der Waals surface area contributed by atoms with Crippen LogP contribution >= 0.6 is 0 Å². The summed E-state index contributed by atoms with van der Waals surface area (Å²) in [4.78, 5) is 11.3. The third-order valence-electron chi connectivity index (χ3n) is 4.19. The first-order valence-electron chi connectivity index (χ1n) is 8.49. The average Bonchev–Trinajstić information content (AvgIpc) is 2.52. The molecule has 0 aliphatic carbocycles. The minimum absolute atomic E-state index is 0.313. The van der Waals surface area contributed by atoms with Gasteiger partial charge in [0.05, 0.1) is 25.4 Å². The van der Waals surface area contributed by atoms with Crippen LogP contribution in [-0.2, 0) is 4.74 Å². The second-order valence-corrected chi connectivity index (χ2v) is 6.43. The van der Waals surface area contributed by atoms with Gasteiger partial charge in [-0.15, -0.1) is 0 Å². The van der Waals surface area contributed by atoms with Crippen molar-refractivity contribution in [2.45, 2.75) is 52.7 Å². The molecule has 1 N–H and O–H groups in total. The standard InChI is InChI=1S/C17H30N4O2/c1-12(2)23-11-10-21-8-6-15(7-9-21)20-16-13(3)17(22-5)19-14(4)18-16/h12,15H,6-11H2,1-5H3,(H,18,19,20). The van der Waals surface area contributed by atoms with Gasteiger partial charge in [-0.3, -0.25) is 0 Å². The Labute approximate surface area is 139 Å². The summed E-state index contributed by atoms with van der Waals surface area (Å²) in [6.07, 6.45) is 2.55. The number of rotatable bonds is 7. The van der Waals surface area contributed by atoms with Gasteiger partial charge < -0.3 is 19.7 Å². The average molecular weight is 322 g/mol. The quantitative estimate of drug-likeness (QED) is 0.832. The van der Waals surface area contributed by atoms with E-state index in [2.05, 4.69) is 34.0 Å². The van der Waals surface area contributed by atoms with E-state index in [-0.39, 0.29) is 0 Å². The first-order chi connectivity index (χ1) is 11.0. The zero-order valence-corrected chi connectivity index (χ0v) is 15.1. The molecule has 0 bridgehead atoms. The van der Waals surface area contributed by atoms with E-state index >= 15 is 0 Å². The zero-order valence-electron chi connectivity index (χ0n) is 15.1. The Hall–Kier alpha value is -1.40. The molecule has 1 saturated heterocycles. The van der Waals surface area contributed by atoms with E-state index in [9.17, 15) is 0 Å². The summed E-state index contributed by atoms with van der Waals surface area (Å²) >= 11 is 0. The van der Waals surface area contributed by atoms with Crippen molar-refractivity contribution in [2.75, 3.05) is 38.7 Å². The zero-order chi connectivity index (χ0) is 16.8. The molecule has 0 atom stereocenters. The summed E-state index contributed by atoms with van der Waals surface area (Å²) < 4.78 is 11.0. The maximum absolute atomic E-state index is 5.63. The van der Waals surface area contributed by atoms with Gasteiger partial charge in [-0.25, -0.2) is 4.98 Å². The van der Waals surface area contributed by atoms with Crippen LogP contribution in [0, 0.1) is 13.8 Å². The lowest BCUT2D eigenvalue weighted by Crippen LogP contribution is -2.41. The van der Waals surface area contributed by atoms with E-state index in [1.54, 1.807) is 7.11 Å². The minimum atomic E-state index is 0.313.